The Morgan fingerprint density at radius 3 is 2.75 bits per heavy atom. The number of carbonyl (C=O) groups is 1. The Morgan fingerprint density at radius 2 is 2.33 bits per heavy atom. The number of nitrogens with zero attached hydrogens (tertiary/aromatic N) is 1. The van der Waals surface area contributed by atoms with Crippen LogP contribution in [0, 0.1) is 5.41 Å². The van der Waals surface area contributed by atoms with Gasteiger partial charge in [0, 0.05) is 12.0 Å². The van der Waals surface area contributed by atoms with Gasteiger partial charge in [0.05, 0.1) is 19.8 Å². The number of ether oxygens (including phenoxy) is 1. The van der Waals surface area contributed by atoms with Gasteiger partial charge in [-0.05, 0) is 12.8 Å². The van der Waals surface area contributed by atoms with Crippen molar-refractivity contribution in [2.24, 2.45) is 5.41 Å². The molecule has 1 saturated heterocycles. The summed E-state index contributed by atoms with van der Waals surface area (Å²) in [5.41, 5.74) is 0.0359. The van der Waals surface area contributed by atoms with Gasteiger partial charge in [0.1, 0.15) is 0 Å². The van der Waals surface area contributed by atoms with Crippen LogP contribution in [0.4, 0.5) is 4.79 Å². The summed E-state index contributed by atoms with van der Waals surface area (Å²) in [6, 6.07) is 0. The molecule has 1 aliphatic heterocycles. The minimum Gasteiger partial charge on any atom is -0.453 e. The largest absolute Gasteiger partial charge is 0.453 e. The number of aliphatic hydroxyl groups excluding tert-OH is 1. The highest BCUT2D eigenvalue weighted by molar-refractivity contribution is 5.68. The lowest BCUT2D eigenvalue weighted by molar-refractivity contribution is 0.117. The molecule has 2 fully saturated rings. The molecule has 1 unspecified atom stereocenters. The molecule has 1 amide bonds. The van der Waals surface area contributed by atoms with Crippen LogP contribution in [0.3, 0.4) is 0 Å². The summed E-state index contributed by atoms with van der Waals surface area (Å²) < 4.78 is 4.58. The molecule has 1 N–H and O–H groups in total. The van der Waals surface area contributed by atoms with Gasteiger partial charge in [-0.25, -0.2) is 4.79 Å². The zero-order valence-corrected chi connectivity index (χ0v) is 7.12. The van der Waals surface area contributed by atoms with Crippen molar-refractivity contribution in [3.05, 3.63) is 0 Å². The first-order valence-electron chi connectivity index (χ1n) is 4.19. The molecule has 0 bridgehead atoms. The first-order valence-corrected chi connectivity index (χ1v) is 4.19. The molecule has 0 aromatic carbocycles. The molecule has 2 aliphatic rings. The molecule has 1 aliphatic carbocycles. The number of carbonyl (C=O) groups excluding carboxylic acids is 1. The average molecular weight is 171 g/mol. The third-order valence-electron chi connectivity index (χ3n) is 2.93. The van der Waals surface area contributed by atoms with Gasteiger partial charge in [-0.2, -0.15) is 0 Å². The van der Waals surface area contributed by atoms with E-state index >= 15 is 0 Å². The summed E-state index contributed by atoms with van der Waals surface area (Å²) in [6.45, 7) is 1.10. The van der Waals surface area contributed by atoms with Crippen molar-refractivity contribution in [2.45, 2.75) is 18.9 Å². The Labute approximate surface area is 71.1 Å². The number of aliphatic hydroxyl groups is 1. The summed E-state index contributed by atoms with van der Waals surface area (Å²) in [5.74, 6) is 0. The highest BCUT2D eigenvalue weighted by Gasteiger charge is 2.55. The normalized spacial score (nSPS) is 30.8. The smallest absolute Gasteiger partial charge is 0.409 e. The fraction of sp³-hybridized carbons (Fsp3) is 0.875. The second-order valence-electron chi connectivity index (χ2n) is 3.73. The Morgan fingerprint density at radius 1 is 1.67 bits per heavy atom. The molecule has 1 heterocycles. The van der Waals surface area contributed by atoms with Crippen LogP contribution >= 0.6 is 0 Å². The molecular formula is C8H13NO3. The summed E-state index contributed by atoms with van der Waals surface area (Å²) in [5, 5.41) is 9.58. The van der Waals surface area contributed by atoms with Gasteiger partial charge >= 0.3 is 6.09 Å². The van der Waals surface area contributed by atoms with E-state index in [-0.39, 0.29) is 17.6 Å². The van der Waals surface area contributed by atoms with Gasteiger partial charge in [0.25, 0.3) is 0 Å². The Kier molecular flexibility index (Phi) is 1.54. The number of likely N-dealkylation sites (tertiary alicyclic amines) is 1. The van der Waals surface area contributed by atoms with Gasteiger partial charge in [0.2, 0.25) is 0 Å². The Balaban J connectivity index is 2.01. The third-order valence-corrected chi connectivity index (χ3v) is 2.93. The molecule has 2 rings (SSSR count). The van der Waals surface area contributed by atoms with Gasteiger partial charge < -0.3 is 14.7 Å². The first kappa shape index (κ1) is 7.86. The zero-order chi connectivity index (χ0) is 8.77. The Hall–Kier alpha value is -0.770. The quantitative estimate of drug-likeness (QED) is 0.566. The van der Waals surface area contributed by atoms with Crippen LogP contribution in [0.2, 0.25) is 0 Å². The molecular weight excluding hydrogens is 158 g/mol. The number of hydrogen-bond donors (Lipinski definition) is 1. The van der Waals surface area contributed by atoms with E-state index in [4.69, 9.17) is 0 Å². The monoisotopic (exact) mass is 171 g/mol. The highest BCUT2D eigenvalue weighted by Crippen LogP contribution is 2.52. The van der Waals surface area contributed by atoms with E-state index in [1.807, 2.05) is 0 Å². The van der Waals surface area contributed by atoms with Crippen LogP contribution in [0.15, 0.2) is 0 Å². The predicted molar refractivity (Wildman–Crippen MR) is 41.7 cm³/mol. The van der Waals surface area contributed by atoms with Crippen molar-refractivity contribution in [3.63, 3.8) is 0 Å². The predicted octanol–water partition coefficient (Wildman–Crippen LogP) is 0.210. The SMILES string of the molecule is COC(=O)N1CC(O)C2(CC2)C1. The summed E-state index contributed by atoms with van der Waals surface area (Å²) >= 11 is 0. The molecule has 4 heteroatoms. The fourth-order valence-electron chi connectivity index (χ4n) is 1.87. The molecule has 1 spiro atoms. The Bertz CT molecular complexity index is 212. The molecule has 12 heavy (non-hydrogen) atoms. The maximum Gasteiger partial charge on any atom is 0.409 e. The van der Waals surface area contributed by atoms with Crippen molar-refractivity contribution in [1.82, 2.24) is 4.90 Å². The lowest BCUT2D eigenvalue weighted by atomic mass is 10.0. The number of β-amino-alcohol motifs (C(OH)–C–C–N with tert-alkyl or cyclic N) is 1. The van der Waals surface area contributed by atoms with Crippen molar-refractivity contribution >= 4 is 6.09 Å². The molecule has 0 aromatic heterocycles. The van der Waals surface area contributed by atoms with E-state index in [2.05, 4.69) is 4.74 Å². The highest BCUT2D eigenvalue weighted by atomic mass is 16.5. The third kappa shape index (κ3) is 0.982. The fourth-order valence-corrected chi connectivity index (χ4v) is 1.87. The summed E-state index contributed by atoms with van der Waals surface area (Å²) in [6.07, 6.45) is 1.43. The van der Waals surface area contributed by atoms with Gasteiger partial charge in [-0.3, -0.25) is 0 Å². The van der Waals surface area contributed by atoms with Crippen LogP contribution in [0.1, 0.15) is 12.8 Å². The van der Waals surface area contributed by atoms with Crippen LogP contribution in [0.5, 0.6) is 0 Å². The van der Waals surface area contributed by atoms with Crippen LogP contribution in [0.25, 0.3) is 0 Å². The number of amides is 1. The molecule has 4 nitrogen and oxygen atoms in total. The van der Waals surface area contributed by atoms with Crippen molar-refractivity contribution in [2.75, 3.05) is 20.2 Å². The van der Waals surface area contributed by atoms with E-state index in [1.165, 1.54) is 7.11 Å². The average Bonchev–Trinajstić information content (AvgIpc) is 2.75. The van der Waals surface area contributed by atoms with E-state index in [0.717, 1.165) is 12.8 Å². The number of hydrogen-bond acceptors (Lipinski definition) is 3. The van der Waals surface area contributed by atoms with Crippen molar-refractivity contribution < 1.29 is 14.6 Å². The molecule has 0 aromatic rings. The minimum absolute atomic E-state index is 0.0359. The minimum atomic E-state index is -0.336. The van der Waals surface area contributed by atoms with Crippen molar-refractivity contribution in [1.29, 1.82) is 0 Å². The van der Waals surface area contributed by atoms with E-state index in [9.17, 15) is 9.90 Å². The lowest BCUT2D eigenvalue weighted by Crippen LogP contribution is -2.29. The molecule has 68 valence electrons. The van der Waals surface area contributed by atoms with Gasteiger partial charge in [-0.15, -0.1) is 0 Å². The number of rotatable bonds is 0. The van der Waals surface area contributed by atoms with Crippen molar-refractivity contribution in [3.8, 4) is 0 Å². The van der Waals surface area contributed by atoms with E-state index < -0.39 is 0 Å². The molecule has 0 radical (unpaired) electrons. The molecule has 1 atom stereocenters. The maximum absolute atomic E-state index is 11.1. The van der Waals surface area contributed by atoms with Gasteiger partial charge in [-0.1, -0.05) is 0 Å². The maximum atomic E-state index is 11.1. The second-order valence-corrected chi connectivity index (χ2v) is 3.73. The lowest BCUT2D eigenvalue weighted by Gasteiger charge is -2.12. The molecule has 1 saturated carbocycles. The first-order chi connectivity index (χ1) is 5.68. The van der Waals surface area contributed by atoms with E-state index in [0.29, 0.717) is 13.1 Å². The topological polar surface area (TPSA) is 49.8 Å². The summed E-state index contributed by atoms with van der Waals surface area (Å²) in [7, 11) is 1.37. The second kappa shape index (κ2) is 2.36. The van der Waals surface area contributed by atoms with Crippen LogP contribution in [-0.4, -0.2) is 42.4 Å². The van der Waals surface area contributed by atoms with E-state index in [1.54, 1.807) is 4.90 Å². The summed E-state index contributed by atoms with van der Waals surface area (Å²) in [4.78, 5) is 12.6. The van der Waals surface area contributed by atoms with Crippen LogP contribution < -0.4 is 0 Å². The van der Waals surface area contributed by atoms with Crippen LogP contribution in [-0.2, 0) is 4.74 Å². The standard InChI is InChI=1S/C8H13NO3/c1-12-7(11)9-4-6(10)8(5-9)2-3-8/h6,10H,2-5H2,1H3. The number of methoxy groups -OCH3 is 1. The zero-order valence-electron chi connectivity index (χ0n) is 7.12. The van der Waals surface area contributed by atoms with Gasteiger partial charge in [0.15, 0.2) is 0 Å².